The predicted molar refractivity (Wildman–Crippen MR) is 118 cm³/mol. The molecule has 0 bridgehead atoms. The van der Waals surface area contributed by atoms with Crippen LogP contribution in [0.1, 0.15) is 19.8 Å². The second-order valence-corrected chi connectivity index (χ2v) is 8.11. The molecule has 172 valence electrons. The Kier molecular flexibility index (Phi) is 7.37. The minimum Gasteiger partial charge on any atom is -0.755 e. The number of amides is 1. The zero-order valence-corrected chi connectivity index (χ0v) is 18.7. The van der Waals surface area contributed by atoms with Gasteiger partial charge in [0.15, 0.2) is 5.54 Å². The van der Waals surface area contributed by atoms with Crippen molar-refractivity contribution in [1.29, 1.82) is 0 Å². The van der Waals surface area contributed by atoms with Gasteiger partial charge in [0.1, 0.15) is 5.75 Å². The fourth-order valence-electron chi connectivity index (χ4n) is 3.87. The van der Waals surface area contributed by atoms with Crippen LogP contribution >= 0.6 is 0 Å². The van der Waals surface area contributed by atoms with Crippen LogP contribution < -0.4 is 9.04 Å². The van der Waals surface area contributed by atoms with Crippen LogP contribution in [0.15, 0.2) is 48.5 Å². The van der Waals surface area contributed by atoms with E-state index in [4.69, 9.17) is 9.47 Å². The van der Waals surface area contributed by atoms with Gasteiger partial charge in [0.25, 0.3) is 0 Å². The normalized spacial score (nSPS) is 16.2. The Hall–Kier alpha value is -3.11. The van der Waals surface area contributed by atoms with Crippen molar-refractivity contribution in [3.63, 3.8) is 0 Å². The molecule has 32 heavy (non-hydrogen) atoms. The molecule has 2 aromatic rings. The number of rotatable bonds is 7. The molecule has 9 nitrogen and oxygen atoms in total. The van der Waals surface area contributed by atoms with Crippen molar-refractivity contribution in [2.75, 3.05) is 31.1 Å². The van der Waals surface area contributed by atoms with Gasteiger partial charge < -0.3 is 24.0 Å². The molecule has 3 rings (SSSR count). The van der Waals surface area contributed by atoms with Crippen LogP contribution in [0.2, 0.25) is 0 Å². The standard InChI is InChI=1S/C22H26N2O7S/c1-3-31-20(25)22(12-14-23(15-13-22)21(26)27)24(32(28)29)18-8-4-16(5-9-18)17-6-10-19(30-2)11-7-17/h4-11H,3,12-15H2,1-2H3,(H,26,27)(H,28,29)/p-1. The third kappa shape index (κ3) is 4.71. The quantitative estimate of drug-likeness (QED) is 0.497. The number of carbonyl (C=O) groups excluding carboxylic acids is 1. The molecule has 1 aliphatic heterocycles. The molecule has 1 atom stereocenters. The maximum Gasteiger partial charge on any atom is 0.407 e. The maximum absolute atomic E-state index is 12.9. The van der Waals surface area contributed by atoms with Crippen molar-refractivity contribution in [2.24, 2.45) is 0 Å². The predicted octanol–water partition coefficient (Wildman–Crippen LogP) is 3.04. The Morgan fingerprint density at radius 3 is 2.06 bits per heavy atom. The monoisotopic (exact) mass is 461 g/mol. The second kappa shape index (κ2) is 10.0. The lowest BCUT2D eigenvalue weighted by atomic mass is 9.87. The van der Waals surface area contributed by atoms with Gasteiger partial charge in [-0.05, 0) is 42.3 Å². The van der Waals surface area contributed by atoms with E-state index in [-0.39, 0.29) is 32.5 Å². The van der Waals surface area contributed by atoms with Crippen molar-refractivity contribution in [3.8, 4) is 16.9 Å². The summed E-state index contributed by atoms with van der Waals surface area (Å²) in [6.07, 6.45) is -1.13. The van der Waals surface area contributed by atoms with Gasteiger partial charge in [0.05, 0.1) is 13.7 Å². The Labute approximate surface area is 189 Å². The zero-order chi connectivity index (χ0) is 23.3. The molecule has 0 saturated carbocycles. The second-order valence-electron chi connectivity index (χ2n) is 7.31. The average molecular weight is 462 g/mol. The number of benzene rings is 2. The van der Waals surface area contributed by atoms with Crippen LogP contribution in [-0.4, -0.2) is 63.2 Å². The summed E-state index contributed by atoms with van der Waals surface area (Å²) in [5, 5.41) is 9.25. The van der Waals surface area contributed by atoms with Crippen LogP contribution in [0, 0.1) is 0 Å². The van der Waals surface area contributed by atoms with Gasteiger partial charge in [-0.1, -0.05) is 24.3 Å². The van der Waals surface area contributed by atoms with Crippen LogP contribution in [0.25, 0.3) is 11.1 Å². The van der Waals surface area contributed by atoms with Crippen LogP contribution in [-0.2, 0) is 20.8 Å². The maximum atomic E-state index is 12.9. The first-order valence-corrected chi connectivity index (χ1v) is 11.1. The number of ether oxygens (including phenoxy) is 2. The molecule has 1 amide bonds. The molecule has 1 N–H and O–H groups in total. The molecule has 1 heterocycles. The Morgan fingerprint density at radius 2 is 1.62 bits per heavy atom. The lowest BCUT2D eigenvalue weighted by Gasteiger charge is -2.47. The lowest BCUT2D eigenvalue weighted by Crippen LogP contribution is -2.62. The van der Waals surface area contributed by atoms with Gasteiger partial charge in [-0.15, -0.1) is 0 Å². The molecule has 1 saturated heterocycles. The average Bonchev–Trinajstić information content (AvgIpc) is 2.80. The van der Waals surface area contributed by atoms with Crippen molar-refractivity contribution >= 4 is 29.0 Å². The highest BCUT2D eigenvalue weighted by molar-refractivity contribution is 7.80. The fourth-order valence-corrected chi connectivity index (χ4v) is 4.71. The van der Waals surface area contributed by atoms with E-state index in [1.165, 1.54) is 0 Å². The molecular weight excluding hydrogens is 436 g/mol. The fraction of sp³-hybridized carbons (Fsp3) is 0.364. The van der Waals surface area contributed by atoms with E-state index in [1.807, 2.05) is 24.3 Å². The van der Waals surface area contributed by atoms with E-state index in [0.717, 1.165) is 26.1 Å². The molecule has 10 heteroatoms. The van der Waals surface area contributed by atoms with Gasteiger partial charge in [-0.25, -0.2) is 9.59 Å². The molecule has 1 aliphatic rings. The van der Waals surface area contributed by atoms with Crippen LogP contribution in [0.4, 0.5) is 10.5 Å². The summed E-state index contributed by atoms with van der Waals surface area (Å²) < 4.78 is 36.1. The number of anilines is 1. The number of carbonyl (C=O) groups is 2. The highest BCUT2D eigenvalue weighted by atomic mass is 32.2. The van der Waals surface area contributed by atoms with E-state index in [1.54, 1.807) is 38.3 Å². The molecule has 0 radical (unpaired) electrons. The summed E-state index contributed by atoms with van der Waals surface area (Å²) in [5.74, 6) is 0.0378. The van der Waals surface area contributed by atoms with Crippen molar-refractivity contribution in [3.05, 3.63) is 48.5 Å². The highest BCUT2D eigenvalue weighted by Gasteiger charge is 2.49. The summed E-state index contributed by atoms with van der Waals surface area (Å²) in [6, 6.07) is 14.2. The Balaban J connectivity index is 1.95. The smallest absolute Gasteiger partial charge is 0.407 e. The number of likely N-dealkylation sites (tertiary alicyclic amines) is 1. The zero-order valence-electron chi connectivity index (χ0n) is 17.9. The van der Waals surface area contributed by atoms with E-state index in [0.29, 0.717) is 5.69 Å². The number of esters is 1. The van der Waals surface area contributed by atoms with Crippen molar-refractivity contribution in [1.82, 2.24) is 4.90 Å². The number of methoxy groups -OCH3 is 1. The molecular formula is C22H25N2O7S-. The molecule has 0 spiro atoms. The van der Waals surface area contributed by atoms with Gasteiger partial charge in [-0.2, -0.15) is 0 Å². The number of hydrogen-bond acceptors (Lipinski definition) is 6. The Bertz CT molecular complexity index is 971. The van der Waals surface area contributed by atoms with Crippen molar-refractivity contribution in [2.45, 2.75) is 25.3 Å². The summed E-state index contributed by atoms with van der Waals surface area (Å²) in [6.45, 7) is 1.76. The number of piperidine rings is 1. The minimum absolute atomic E-state index is 0.00759. The lowest BCUT2D eigenvalue weighted by molar-refractivity contribution is -0.151. The topological polar surface area (TPSA) is 119 Å². The van der Waals surface area contributed by atoms with E-state index >= 15 is 0 Å². The summed E-state index contributed by atoms with van der Waals surface area (Å²) >= 11 is -2.79. The van der Waals surface area contributed by atoms with E-state index < -0.39 is 28.9 Å². The van der Waals surface area contributed by atoms with Crippen LogP contribution in [0.5, 0.6) is 5.75 Å². The summed E-state index contributed by atoms with van der Waals surface area (Å²) in [4.78, 5) is 25.4. The molecule has 2 aromatic carbocycles. The third-order valence-corrected chi connectivity index (χ3v) is 6.44. The van der Waals surface area contributed by atoms with E-state index in [2.05, 4.69) is 0 Å². The van der Waals surface area contributed by atoms with Crippen molar-refractivity contribution < 1.29 is 32.9 Å². The number of hydrogen-bond donors (Lipinski definition) is 1. The first kappa shape index (κ1) is 23.6. The molecule has 0 aromatic heterocycles. The number of carboxylic acid groups (broad SMARTS) is 1. The van der Waals surface area contributed by atoms with E-state index in [9.17, 15) is 23.5 Å². The largest absolute Gasteiger partial charge is 0.755 e. The number of nitrogens with zero attached hydrogens (tertiary/aromatic N) is 2. The SMILES string of the molecule is CCOC(=O)C1(N(c2ccc(-c3ccc(OC)cc3)cc2)S(=O)[O-])CCN(C(=O)O)CC1. The van der Waals surface area contributed by atoms with Gasteiger partial charge in [0.2, 0.25) is 0 Å². The Morgan fingerprint density at radius 1 is 1.09 bits per heavy atom. The summed E-state index contributed by atoms with van der Waals surface area (Å²) in [5.41, 5.74) is 0.560. The van der Waals surface area contributed by atoms with Gasteiger partial charge >= 0.3 is 12.1 Å². The first-order valence-electron chi connectivity index (χ1n) is 10.1. The molecule has 1 fully saturated rings. The minimum atomic E-state index is -2.79. The van der Waals surface area contributed by atoms with Gasteiger partial charge in [-0.3, -0.25) is 8.51 Å². The first-order chi connectivity index (χ1) is 15.3. The van der Waals surface area contributed by atoms with Gasteiger partial charge in [0, 0.05) is 42.9 Å². The summed E-state index contributed by atoms with van der Waals surface area (Å²) in [7, 11) is 1.59. The molecule has 0 aliphatic carbocycles. The molecule has 1 unspecified atom stereocenters. The third-order valence-electron chi connectivity index (χ3n) is 5.58. The van der Waals surface area contributed by atoms with Crippen LogP contribution in [0.3, 0.4) is 0 Å². The highest BCUT2D eigenvalue weighted by Crippen LogP contribution is 2.37.